The van der Waals surface area contributed by atoms with Crippen LogP contribution in [0.3, 0.4) is 0 Å². The number of aliphatic imine (C=N–C) groups is 1. The Morgan fingerprint density at radius 3 is 2.70 bits per heavy atom. The molecule has 0 amide bonds. The second-order valence-corrected chi connectivity index (χ2v) is 9.01. The van der Waals surface area contributed by atoms with Gasteiger partial charge in [0.1, 0.15) is 12.5 Å². The summed E-state index contributed by atoms with van der Waals surface area (Å²) in [6.45, 7) is 3.80. The first-order chi connectivity index (χ1) is 16.0. The summed E-state index contributed by atoms with van der Waals surface area (Å²) < 4.78 is 11.4. The minimum atomic E-state index is -0.775. The monoisotopic (exact) mass is 459 g/mol. The summed E-state index contributed by atoms with van der Waals surface area (Å²) >= 11 is 1.47. The lowest BCUT2D eigenvalue weighted by molar-refractivity contribution is -0.146. The lowest BCUT2D eigenvalue weighted by Crippen LogP contribution is -2.35. The average molecular weight is 460 g/mol. The standard InChI is InChI=1S/C26H21NO5S/c1-3-31-25(29)21-14(2)27-18-13-32-26(30)23(18)22(21)17-11-7-10-16-19(28)12-20(33-24(16)17)15-8-5-4-6-9-15/h4-12,21-22H,3,13H2,1-2H3. The third kappa shape index (κ3) is 3.58. The van der Waals surface area contributed by atoms with Crippen molar-refractivity contribution in [2.75, 3.05) is 13.2 Å². The van der Waals surface area contributed by atoms with Crippen LogP contribution in [-0.4, -0.2) is 30.9 Å². The topological polar surface area (TPSA) is 82.0 Å². The van der Waals surface area contributed by atoms with Gasteiger partial charge in [0, 0.05) is 32.7 Å². The van der Waals surface area contributed by atoms with Crippen LogP contribution in [0, 0.1) is 5.92 Å². The molecular formula is C26H21NO5S. The predicted octanol–water partition coefficient (Wildman–Crippen LogP) is 4.48. The molecule has 3 heterocycles. The van der Waals surface area contributed by atoms with Gasteiger partial charge < -0.3 is 9.47 Å². The van der Waals surface area contributed by atoms with Gasteiger partial charge in [-0.05, 0) is 31.0 Å². The first kappa shape index (κ1) is 21.3. The van der Waals surface area contributed by atoms with E-state index in [1.54, 1.807) is 32.0 Å². The molecule has 0 fully saturated rings. The summed E-state index contributed by atoms with van der Waals surface area (Å²) in [4.78, 5) is 44.2. The van der Waals surface area contributed by atoms with Crippen molar-refractivity contribution in [2.24, 2.45) is 10.9 Å². The van der Waals surface area contributed by atoms with E-state index in [0.29, 0.717) is 22.4 Å². The van der Waals surface area contributed by atoms with E-state index in [1.807, 2.05) is 36.4 Å². The van der Waals surface area contributed by atoms with Gasteiger partial charge in [-0.2, -0.15) is 0 Å². The smallest absolute Gasteiger partial charge is 0.337 e. The number of nitrogens with zero attached hydrogens (tertiary/aromatic N) is 1. The Bertz CT molecular complexity index is 1400. The van der Waals surface area contributed by atoms with E-state index in [2.05, 4.69) is 4.99 Å². The number of hydrogen-bond acceptors (Lipinski definition) is 7. The number of ether oxygens (including phenoxy) is 2. The molecule has 2 aromatic carbocycles. The SMILES string of the molecule is CCOC(=O)C1C(C)=NC2=C(C(=O)OC2)C1c1cccc2c(=O)cc(-c3ccccc3)sc12. The fraction of sp³-hybridized carbons (Fsp3) is 0.231. The van der Waals surface area contributed by atoms with E-state index in [0.717, 1.165) is 20.7 Å². The zero-order chi connectivity index (χ0) is 23.1. The van der Waals surface area contributed by atoms with Crippen LogP contribution in [0.4, 0.5) is 0 Å². The molecule has 5 rings (SSSR count). The zero-order valence-corrected chi connectivity index (χ0v) is 19.0. The molecule has 7 heteroatoms. The van der Waals surface area contributed by atoms with Crippen LogP contribution in [0.2, 0.25) is 0 Å². The summed E-state index contributed by atoms with van der Waals surface area (Å²) in [6, 6.07) is 16.7. The number of esters is 2. The maximum absolute atomic E-state index is 13.1. The molecule has 2 unspecified atom stereocenters. The highest BCUT2D eigenvalue weighted by molar-refractivity contribution is 7.21. The highest BCUT2D eigenvalue weighted by Crippen LogP contribution is 2.45. The normalized spacial score (nSPS) is 19.8. The predicted molar refractivity (Wildman–Crippen MR) is 127 cm³/mol. The highest BCUT2D eigenvalue weighted by Gasteiger charge is 2.46. The van der Waals surface area contributed by atoms with E-state index in [4.69, 9.17) is 9.47 Å². The van der Waals surface area contributed by atoms with Crippen molar-refractivity contribution in [1.29, 1.82) is 0 Å². The van der Waals surface area contributed by atoms with Crippen molar-refractivity contribution in [3.8, 4) is 10.4 Å². The van der Waals surface area contributed by atoms with Crippen LogP contribution >= 0.6 is 11.3 Å². The molecule has 2 aliphatic heterocycles. The summed E-state index contributed by atoms with van der Waals surface area (Å²) in [7, 11) is 0. The maximum atomic E-state index is 13.1. The number of cyclic esters (lactones) is 1. The number of benzene rings is 2. The molecule has 33 heavy (non-hydrogen) atoms. The summed E-state index contributed by atoms with van der Waals surface area (Å²) in [5.74, 6) is -2.35. The molecule has 0 saturated carbocycles. The van der Waals surface area contributed by atoms with Crippen molar-refractivity contribution < 1.29 is 19.1 Å². The minimum Gasteiger partial charge on any atom is -0.465 e. The first-order valence-electron chi connectivity index (χ1n) is 10.7. The van der Waals surface area contributed by atoms with Gasteiger partial charge in [-0.15, -0.1) is 11.3 Å². The summed E-state index contributed by atoms with van der Waals surface area (Å²) in [5.41, 5.74) is 3.02. The fourth-order valence-electron chi connectivity index (χ4n) is 4.56. The second-order valence-electron chi connectivity index (χ2n) is 7.96. The van der Waals surface area contributed by atoms with E-state index < -0.39 is 23.8 Å². The highest BCUT2D eigenvalue weighted by atomic mass is 32.1. The van der Waals surface area contributed by atoms with Crippen LogP contribution in [0.1, 0.15) is 25.3 Å². The van der Waals surface area contributed by atoms with Crippen molar-refractivity contribution in [1.82, 2.24) is 0 Å². The third-order valence-corrected chi connectivity index (χ3v) is 7.23. The molecule has 0 saturated heterocycles. The van der Waals surface area contributed by atoms with Crippen LogP contribution in [-0.2, 0) is 19.1 Å². The molecule has 1 aromatic heterocycles. The summed E-state index contributed by atoms with van der Waals surface area (Å²) in [6.07, 6.45) is 0. The van der Waals surface area contributed by atoms with E-state index in [1.165, 1.54) is 11.3 Å². The Morgan fingerprint density at radius 1 is 1.15 bits per heavy atom. The van der Waals surface area contributed by atoms with Gasteiger partial charge in [0.05, 0.1) is 17.9 Å². The van der Waals surface area contributed by atoms with Gasteiger partial charge in [0.2, 0.25) is 0 Å². The van der Waals surface area contributed by atoms with Gasteiger partial charge in [-0.1, -0.05) is 42.5 Å². The van der Waals surface area contributed by atoms with Gasteiger partial charge in [-0.3, -0.25) is 14.6 Å². The van der Waals surface area contributed by atoms with Crippen molar-refractivity contribution in [2.45, 2.75) is 19.8 Å². The van der Waals surface area contributed by atoms with Gasteiger partial charge >= 0.3 is 11.9 Å². The second kappa shape index (κ2) is 8.41. The lowest BCUT2D eigenvalue weighted by atomic mass is 9.76. The Hall–Kier alpha value is -3.58. The van der Waals surface area contributed by atoms with Gasteiger partial charge in [0.25, 0.3) is 0 Å². The van der Waals surface area contributed by atoms with Crippen molar-refractivity contribution in [3.05, 3.63) is 81.7 Å². The lowest BCUT2D eigenvalue weighted by Gasteiger charge is -2.29. The Labute approximate surface area is 194 Å². The number of carbonyl (C=O) groups excluding carboxylic acids is 2. The number of rotatable bonds is 4. The molecule has 0 N–H and O–H groups in total. The zero-order valence-electron chi connectivity index (χ0n) is 18.2. The maximum Gasteiger partial charge on any atom is 0.337 e. The molecule has 3 aromatic rings. The average Bonchev–Trinajstić information content (AvgIpc) is 3.18. The van der Waals surface area contributed by atoms with E-state index in [9.17, 15) is 14.4 Å². The molecule has 6 nitrogen and oxygen atoms in total. The van der Waals surface area contributed by atoms with Crippen LogP contribution < -0.4 is 5.43 Å². The number of fused-ring (bicyclic) bond motifs is 1. The molecule has 2 atom stereocenters. The molecule has 0 bridgehead atoms. The summed E-state index contributed by atoms with van der Waals surface area (Å²) in [5, 5.41) is 0.550. The van der Waals surface area contributed by atoms with Crippen LogP contribution in [0.25, 0.3) is 20.5 Å². The number of hydrogen-bond donors (Lipinski definition) is 0. The van der Waals surface area contributed by atoms with Crippen molar-refractivity contribution >= 4 is 39.1 Å². The van der Waals surface area contributed by atoms with E-state index >= 15 is 0 Å². The molecule has 0 radical (unpaired) electrons. The first-order valence-corrected chi connectivity index (χ1v) is 11.6. The van der Waals surface area contributed by atoms with Crippen LogP contribution in [0.5, 0.6) is 0 Å². The van der Waals surface area contributed by atoms with Gasteiger partial charge in [-0.25, -0.2) is 4.79 Å². The molecule has 0 aliphatic carbocycles. The minimum absolute atomic E-state index is 0.0772. The largest absolute Gasteiger partial charge is 0.465 e. The molecule has 2 aliphatic rings. The Morgan fingerprint density at radius 2 is 1.94 bits per heavy atom. The fourth-order valence-corrected chi connectivity index (χ4v) is 5.79. The Kier molecular flexibility index (Phi) is 5.42. The molecular weight excluding hydrogens is 438 g/mol. The third-order valence-electron chi connectivity index (χ3n) is 6.00. The Balaban J connectivity index is 1.78. The molecule has 166 valence electrons. The van der Waals surface area contributed by atoms with Crippen molar-refractivity contribution in [3.63, 3.8) is 0 Å². The quantitative estimate of drug-likeness (QED) is 0.538. The van der Waals surface area contributed by atoms with Gasteiger partial charge in [0.15, 0.2) is 5.43 Å². The molecule has 0 spiro atoms. The van der Waals surface area contributed by atoms with E-state index in [-0.39, 0.29) is 18.6 Å². The van der Waals surface area contributed by atoms with Crippen LogP contribution in [0.15, 0.2) is 75.7 Å². The number of carbonyl (C=O) groups is 2.